The van der Waals surface area contributed by atoms with Crippen molar-refractivity contribution >= 4 is 17.6 Å². The van der Waals surface area contributed by atoms with Gasteiger partial charge in [-0.2, -0.15) is 9.90 Å². The minimum atomic E-state index is -0.225. The fraction of sp³-hybridized carbons (Fsp3) is 0.429. The number of nitrogens with one attached hydrogen (secondary N) is 2. The number of hydrogen-bond acceptors (Lipinski definition) is 4. The van der Waals surface area contributed by atoms with E-state index in [-0.39, 0.29) is 18.4 Å². The van der Waals surface area contributed by atoms with E-state index in [1.54, 1.807) is 0 Å². The zero-order valence-electron chi connectivity index (χ0n) is 7.94. The molecule has 0 unspecified atom stereocenters. The van der Waals surface area contributed by atoms with Gasteiger partial charge in [0.2, 0.25) is 11.8 Å². The third kappa shape index (κ3) is 2.85. The molecule has 14 heavy (non-hydrogen) atoms. The molecule has 2 N–H and O–H groups in total. The number of anilines is 1. The Hall–Kier alpha value is -1.92. The van der Waals surface area contributed by atoms with Crippen LogP contribution in [-0.2, 0) is 16.1 Å². The maximum atomic E-state index is 10.9. The largest absolute Gasteiger partial charge is 0.358 e. The van der Waals surface area contributed by atoms with Crippen molar-refractivity contribution in [2.45, 2.75) is 13.5 Å². The molecule has 0 radical (unpaired) electrons. The number of aromatic nitrogens is 3. The number of carbonyl (C=O) groups excluding carboxylic acids is 2. The average Bonchev–Trinajstić information content (AvgIpc) is 2.51. The smallest absolute Gasteiger partial charge is 0.243 e. The maximum absolute atomic E-state index is 10.9. The highest BCUT2D eigenvalue weighted by molar-refractivity contribution is 5.87. The Morgan fingerprint density at radius 3 is 2.86 bits per heavy atom. The van der Waals surface area contributed by atoms with Crippen LogP contribution in [0.15, 0.2) is 6.20 Å². The van der Waals surface area contributed by atoms with Crippen molar-refractivity contribution in [3.63, 3.8) is 0 Å². The molecule has 0 aliphatic heterocycles. The van der Waals surface area contributed by atoms with E-state index in [1.165, 1.54) is 25.0 Å². The lowest BCUT2D eigenvalue weighted by atomic mass is 10.6. The van der Waals surface area contributed by atoms with Gasteiger partial charge >= 0.3 is 0 Å². The summed E-state index contributed by atoms with van der Waals surface area (Å²) in [4.78, 5) is 22.7. The van der Waals surface area contributed by atoms with E-state index in [0.717, 1.165) is 0 Å². The van der Waals surface area contributed by atoms with Gasteiger partial charge in [0.15, 0.2) is 5.82 Å². The second-order valence-corrected chi connectivity index (χ2v) is 2.61. The zero-order chi connectivity index (χ0) is 10.6. The van der Waals surface area contributed by atoms with Gasteiger partial charge in [-0.1, -0.05) is 0 Å². The normalized spacial score (nSPS) is 9.57. The third-order valence-electron chi connectivity index (χ3n) is 1.40. The molecule has 0 atom stereocenters. The van der Waals surface area contributed by atoms with Crippen molar-refractivity contribution in [2.75, 3.05) is 12.4 Å². The highest BCUT2D eigenvalue weighted by Crippen LogP contribution is 1.97. The standard InChI is InChI=1S/C7H11N5O2/c1-5(13)10-6-3-9-12(11-6)4-7(14)8-2/h3H,4H2,1-2H3,(H,8,14)(H,10,11,13). The molecule has 0 saturated heterocycles. The lowest BCUT2D eigenvalue weighted by Crippen LogP contribution is -2.24. The molecule has 0 spiro atoms. The fourth-order valence-corrected chi connectivity index (χ4v) is 0.819. The molecule has 76 valence electrons. The van der Waals surface area contributed by atoms with E-state index in [2.05, 4.69) is 20.8 Å². The van der Waals surface area contributed by atoms with E-state index in [9.17, 15) is 9.59 Å². The Morgan fingerprint density at radius 2 is 2.29 bits per heavy atom. The van der Waals surface area contributed by atoms with Gasteiger partial charge in [0.1, 0.15) is 6.54 Å². The quantitative estimate of drug-likeness (QED) is 0.649. The van der Waals surface area contributed by atoms with Gasteiger partial charge in [0, 0.05) is 14.0 Å². The summed E-state index contributed by atoms with van der Waals surface area (Å²) in [5, 5.41) is 12.5. The van der Waals surface area contributed by atoms with E-state index in [4.69, 9.17) is 0 Å². The number of amides is 2. The second-order valence-electron chi connectivity index (χ2n) is 2.61. The summed E-state index contributed by atoms with van der Waals surface area (Å²) in [6, 6.07) is 0. The molecule has 0 bridgehead atoms. The third-order valence-corrected chi connectivity index (χ3v) is 1.40. The molecular weight excluding hydrogens is 186 g/mol. The Bertz CT molecular complexity index is 346. The van der Waals surface area contributed by atoms with Crippen molar-refractivity contribution in [3.05, 3.63) is 6.20 Å². The van der Waals surface area contributed by atoms with Crippen LogP contribution in [0.1, 0.15) is 6.92 Å². The van der Waals surface area contributed by atoms with Crippen molar-refractivity contribution in [3.8, 4) is 0 Å². The van der Waals surface area contributed by atoms with Crippen LogP contribution < -0.4 is 10.6 Å². The van der Waals surface area contributed by atoms with Crippen molar-refractivity contribution in [1.29, 1.82) is 0 Å². The highest BCUT2D eigenvalue weighted by Gasteiger charge is 2.04. The molecule has 0 aliphatic rings. The summed E-state index contributed by atoms with van der Waals surface area (Å²) in [5.74, 6) is -0.0895. The van der Waals surface area contributed by atoms with Gasteiger partial charge in [-0.05, 0) is 0 Å². The van der Waals surface area contributed by atoms with Crippen molar-refractivity contribution in [1.82, 2.24) is 20.3 Å². The first kappa shape index (κ1) is 10.2. The fourth-order valence-electron chi connectivity index (χ4n) is 0.819. The topological polar surface area (TPSA) is 88.9 Å². The first-order chi connectivity index (χ1) is 6.61. The summed E-state index contributed by atoms with van der Waals surface area (Å²) in [6.45, 7) is 1.41. The van der Waals surface area contributed by atoms with Crippen LogP contribution in [0, 0.1) is 0 Å². The molecular formula is C7H11N5O2. The number of nitrogens with zero attached hydrogens (tertiary/aromatic N) is 3. The summed E-state index contributed by atoms with van der Waals surface area (Å²) >= 11 is 0. The monoisotopic (exact) mass is 197 g/mol. The predicted octanol–water partition coefficient (Wildman–Crippen LogP) is -1.02. The van der Waals surface area contributed by atoms with Gasteiger partial charge in [0.05, 0.1) is 6.20 Å². The van der Waals surface area contributed by atoms with Crippen LogP contribution in [0.5, 0.6) is 0 Å². The number of carbonyl (C=O) groups is 2. The van der Waals surface area contributed by atoms with Crippen LogP contribution >= 0.6 is 0 Å². The van der Waals surface area contributed by atoms with Crippen molar-refractivity contribution in [2.24, 2.45) is 0 Å². The average molecular weight is 197 g/mol. The molecule has 0 aliphatic carbocycles. The van der Waals surface area contributed by atoms with Crippen LogP contribution in [0.25, 0.3) is 0 Å². The molecule has 1 aromatic rings. The highest BCUT2D eigenvalue weighted by atomic mass is 16.2. The van der Waals surface area contributed by atoms with Crippen LogP contribution in [0.4, 0.5) is 5.82 Å². The second kappa shape index (κ2) is 4.35. The lowest BCUT2D eigenvalue weighted by Gasteiger charge is -1.97. The molecule has 2 amide bonds. The minimum absolute atomic E-state index is 0.0378. The first-order valence-electron chi connectivity index (χ1n) is 4.00. The molecule has 0 aromatic carbocycles. The number of likely N-dealkylation sites (N-methyl/N-ethyl adjacent to an activating group) is 1. The van der Waals surface area contributed by atoms with Gasteiger partial charge < -0.3 is 10.6 Å². The van der Waals surface area contributed by atoms with E-state index in [1.807, 2.05) is 0 Å². The Balaban J connectivity index is 2.59. The van der Waals surface area contributed by atoms with Gasteiger partial charge in [-0.25, -0.2) is 0 Å². The zero-order valence-corrected chi connectivity index (χ0v) is 7.94. The van der Waals surface area contributed by atoms with Crippen LogP contribution in [0.3, 0.4) is 0 Å². The molecule has 1 rings (SSSR count). The summed E-state index contributed by atoms with van der Waals surface area (Å²) in [7, 11) is 1.53. The molecule has 0 fully saturated rings. The maximum Gasteiger partial charge on any atom is 0.243 e. The first-order valence-corrected chi connectivity index (χ1v) is 4.00. The SMILES string of the molecule is CNC(=O)Cn1ncc(NC(C)=O)n1. The van der Waals surface area contributed by atoms with Gasteiger partial charge in [-0.3, -0.25) is 9.59 Å². The molecule has 7 heteroatoms. The number of hydrogen-bond donors (Lipinski definition) is 2. The Morgan fingerprint density at radius 1 is 1.57 bits per heavy atom. The van der Waals surface area contributed by atoms with E-state index >= 15 is 0 Å². The van der Waals surface area contributed by atoms with E-state index in [0.29, 0.717) is 5.82 Å². The van der Waals surface area contributed by atoms with Crippen LogP contribution in [0.2, 0.25) is 0 Å². The summed E-state index contributed by atoms with van der Waals surface area (Å²) in [6.07, 6.45) is 1.38. The Labute approximate surface area is 80.5 Å². The lowest BCUT2D eigenvalue weighted by molar-refractivity contribution is -0.121. The van der Waals surface area contributed by atoms with Crippen LogP contribution in [-0.4, -0.2) is 33.9 Å². The van der Waals surface area contributed by atoms with E-state index < -0.39 is 0 Å². The van der Waals surface area contributed by atoms with Gasteiger partial charge in [0.25, 0.3) is 0 Å². The summed E-state index contributed by atoms with van der Waals surface area (Å²) < 4.78 is 0. The number of rotatable bonds is 3. The Kier molecular flexibility index (Phi) is 3.16. The molecule has 1 heterocycles. The summed E-state index contributed by atoms with van der Waals surface area (Å²) in [5.41, 5.74) is 0. The molecule has 7 nitrogen and oxygen atoms in total. The molecule has 0 saturated carbocycles. The molecule has 1 aromatic heterocycles. The minimum Gasteiger partial charge on any atom is -0.358 e. The predicted molar refractivity (Wildman–Crippen MR) is 48.4 cm³/mol. The van der Waals surface area contributed by atoms with Crippen molar-refractivity contribution < 1.29 is 9.59 Å². The van der Waals surface area contributed by atoms with Gasteiger partial charge in [-0.15, -0.1) is 5.10 Å².